The van der Waals surface area contributed by atoms with E-state index in [2.05, 4.69) is 35.7 Å². The van der Waals surface area contributed by atoms with E-state index >= 15 is 0 Å². The molecule has 1 aliphatic rings. The van der Waals surface area contributed by atoms with Crippen LogP contribution in [0.2, 0.25) is 0 Å². The summed E-state index contributed by atoms with van der Waals surface area (Å²) in [6.07, 6.45) is 1.14. The van der Waals surface area contributed by atoms with Crippen molar-refractivity contribution in [2.24, 2.45) is 0 Å². The van der Waals surface area contributed by atoms with Gasteiger partial charge in [0, 0.05) is 23.3 Å². The van der Waals surface area contributed by atoms with E-state index in [4.69, 9.17) is 11.0 Å². The fourth-order valence-corrected chi connectivity index (χ4v) is 2.38. The highest BCUT2D eigenvalue weighted by molar-refractivity contribution is 5.62. The van der Waals surface area contributed by atoms with Gasteiger partial charge in [0.25, 0.3) is 0 Å². The zero-order valence-electron chi connectivity index (χ0n) is 10.5. The number of rotatable bonds is 3. The zero-order valence-corrected chi connectivity index (χ0v) is 10.5. The molecule has 0 spiro atoms. The molecular weight excluding hydrogens is 234 g/mol. The lowest BCUT2D eigenvalue weighted by Crippen LogP contribution is -2.04. The maximum Gasteiger partial charge on any atom is 0.101 e. The molecule has 0 radical (unpaired) electrons. The minimum absolute atomic E-state index is 0.456. The van der Waals surface area contributed by atoms with Crippen molar-refractivity contribution in [3.8, 4) is 6.07 Å². The van der Waals surface area contributed by atoms with Crippen molar-refractivity contribution in [2.75, 3.05) is 11.1 Å². The van der Waals surface area contributed by atoms with Crippen LogP contribution in [0.4, 0.5) is 11.4 Å². The molecule has 3 heteroatoms. The summed E-state index contributed by atoms with van der Waals surface area (Å²) >= 11 is 0. The standard InChI is InChI=1S/C16H15N3/c17-10-12-8-13(6-7-15(12)18)19-16-9-14(16)11-4-2-1-3-5-11/h1-8,14,16,19H,9,18H2. The molecular formula is C16H15N3. The second-order valence-electron chi connectivity index (χ2n) is 4.92. The normalized spacial score (nSPS) is 20.6. The third-order valence-electron chi connectivity index (χ3n) is 3.54. The lowest BCUT2D eigenvalue weighted by molar-refractivity contribution is 1.05. The first kappa shape index (κ1) is 11.6. The van der Waals surface area contributed by atoms with Gasteiger partial charge in [0.2, 0.25) is 0 Å². The van der Waals surface area contributed by atoms with Crippen molar-refractivity contribution in [2.45, 2.75) is 18.4 Å². The summed E-state index contributed by atoms with van der Waals surface area (Å²) in [4.78, 5) is 0. The molecule has 0 aromatic heterocycles. The molecule has 0 aliphatic heterocycles. The molecule has 3 N–H and O–H groups in total. The van der Waals surface area contributed by atoms with Crippen LogP contribution in [0.25, 0.3) is 0 Å². The number of nitrogens with zero attached hydrogens (tertiary/aromatic N) is 1. The second kappa shape index (κ2) is 4.66. The van der Waals surface area contributed by atoms with Crippen molar-refractivity contribution >= 4 is 11.4 Å². The van der Waals surface area contributed by atoms with E-state index in [1.54, 1.807) is 6.07 Å². The van der Waals surface area contributed by atoms with E-state index in [1.807, 2.05) is 18.2 Å². The number of nitrogens with one attached hydrogen (secondary N) is 1. The van der Waals surface area contributed by atoms with Gasteiger partial charge < -0.3 is 11.1 Å². The lowest BCUT2D eigenvalue weighted by Gasteiger charge is -2.07. The Labute approximate surface area is 112 Å². The van der Waals surface area contributed by atoms with E-state index in [0.29, 0.717) is 23.2 Å². The molecule has 2 aromatic rings. The zero-order chi connectivity index (χ0) is 13.2. The Balaban J connectivity index is 1.70. The Kier molecular flexibility index (Phi) is 2.85. The third-order valence-corrected chi connectivity index (χ3v) is 3.54. The Morgan fingerprint density at radius 3 is 2.68 bits per heavy atom. The predicted molar refractivity (Wildman–Crippen MR) is 76.8 cm³/mol. The monoisotopic (exact) mass is 249 g/mol. The minimum atomic E-state index is 0.456. The Morgan fingerprint density at radius 2 is 1.95 bits per heavy atom. The van der Waals surface area contributed by atoms with Gasteiger partial charge in [-0.25, -0.2) is 0 Å². The van der Waals surface area contributed by atoms with Crippen LogP contribution in [0.3, 0.4) is 0 Å². The Bertz CT molecular complexity index is 628. The number of nitriles is 1. The summed E-state index contributed by atoms with van der Waals surface area (Å²) in [6, 6.07) is 18.6. The number of nitrogen functional groups attached to an aromatic ring is 1. The van der Waals surface area contributed by atoms with Crippen LogP contribution in [0, 0.1) is 11.3 Å². The van der Waals surface area contributed by atoms with E-state index in [1.165, 1.54) is 5.56 Å². The molecule has 2 atom stereocenters. The summed E-state index contributed by atoms with van der Waals surface area (Å²) in [6.45, 7) is 0. The van der Waals surface area contributed by atoms with Gasteiger partial charge in [-0.2, -0.15) is 5.26 Å². The van der Waals surface area contributed by atoms with Crippen LogP contribution < -0.4 is 11.1 Å². The molecule has 1 aliphatic carbocycles. The molecule has 0 heterocycles. The first-order valence-corrected chi connectivity index (χ1v) is 6.39. The SMILES string of the molecule is N#Cc1cc(NC2CC2c2ccccc2)ccc1N. The van der Waals surface area contributed by atoms with Crippen molar-refractivity contribution < 1.29 is 0 Å². The van der Waals surface area contributed by atoms with Crippen LogP contribution in [0.1, 0.15) is 23.5 Å². The number of nitrogens with two attached hydrogens (primary N) is 1. The average molecular weight is 249 g/mol. The van der Waals surface area contributed by atoms with Crippen molar-refractivity contribution in [1.29, 1.82) is 5.26 Å². The van der Waals surface area contributed by atoms with Gasteiger partial charge in [-0.05, 0) is 30.2 Å². The molecule has 3 nitrogen and oxygen atoms in total. The maximum absolute atomic E-state index is 8.96. The topological polar surface area (TPSA) is 61.8 Å². The first-order chi connectivity index (χ1) is 9.28. The molecule has 1 saturated carbocycles. The van der Waals surface area contributed by atoms with Gasteiger partial charge in [0.05, 0.1) is 5.56 Å². The number of anilines is 2. The van der Waals surface area contributed by atoms with Gasteiger partial charge in [-0.15, -0.1) is 0 Å². The van der Waals surface area contributed by atoms with E-state index in [0.717, 1.165) is 12.1 Å². The molecule has 0 bridgehead atoms. The molecule has 0 amide bonds. The minimum Gasteiger partial charge on any atom is -0.398 e. The van der Waals surface area contributed by atoms with Crippen LogP contribution >= 0.6 is 0 Å². The molecule has 19 heavy (non-hydrogen) atoms. The highest BCUT2D eigenvalue weighted by Crippen LogP contribution is 2.42. The number of hydrogen-bond donors (Lipinski definition) is 2. The van der Waals surface area contributed by atoms with Crippen LogP contribution in [0.15, 0.2) is 48.5 Å². The van der Waals surface area contributed by atoms with Crippen molar-refractivity contribution in [3.05, 3.63) is 59.7 Å². The van der Waals surface area contributed by atoms with Gasteiger partial charge in [0.15, 0.2) is 0 Å². The smallest absolute Gasteiger partial charge is 0.101 e. The predicted octanol–water partition coefficient (Wildman–Crippen LogP) is 3.11. The number of hydrogen-bond acceptors (Lipinski definition) is 3. The number of benzene rings is 2. The van der Waals surface area contributed by atoms with Crippen LogP contribution in [-0.4, -0.2) is 6.04 Å². The quantitative estimate of drug-likeness (QED) is 0.822. The van der Waals surface area contributed by atoms with Crippen LogP contribution in [0.5, 0.6) is 0 Å². The van der Waals surface area contributed by atoms with Gasteiger partial charge in [-0.3, -0.25) is 0 Å². The molecule has 94 valence electrons. The summed E-state index contributed by atoms with van der Waals surface area (Å²) in [7, 11) is 0. The Hall–Kier alpha value is -2.47. The molecule has 0 saturated heterocycles. The highest BCUT2D eigenvalue weighted by Gasteiger charge is 2.38. The largest absolute Gasteiger partial charge is 0.398 e. The van der Waals surface area contributed by atoms with Crippen LogP contribution in [-0.2, 0) is 0 Å². The second-order valence-corrected chi connectivity index (χ2v) is 4.92. The maximum atomic E-state index is 8.96. The third kappa shape index (κ3) is 2.38. The summed E-state index contributed by atoms with van der Waals surface area (Å²) in [5.74, 6) is 0.573. The molecule has 1 fully saturated rings. The molecule has 2 unspecified atom stereocenters. The fraction of sp³-hybridized carbons (Fsp3) is 0.188. The molecule has 3 rings (SSSR count). The van der Waals surface area contributed by atoms with Gasteiger partial charge >= 0.3 is 0 Å². The van der Waals surface area contributed by atoms with E-state index in [9.17, 15) is 0 Å². The molecule has 2 aromatic carbocycles. The Morgan fingerprint density at radius 1 is 1.16 bits per heavy atom. The van der Waals surface area contributed by atoms with E-state index < -0.39 is 0 Å². The fourth-order valence-electron chi connectivity index (χ4n) is 2.38. The summed E-state index contributed by atoms with van der Waals surface area (Å²) in [5, 5.41) is 12.4. The summed E-state index contributed by atoms with van der Waals surface area (Å²) in [5.41, 5.74) is 9.11. The lowest BCUT2D eigenvalue weighted by atomic mass is 10.1. The van der Waals surface area contributed by atoms with E-state index in [-0.39, 0.29) is 0 Å². The van der Waals surface area contributed by atoms with Gasteiger partial charge in [0.1, 0.15) is 6.07 Å². The van der Waals surface area contributed by atoms with Crippen molar-refractivity contribution in [1.82, 2.24) is 0 Å². The average Bonchev–Trinajstić information content (AvgIpc) is 3.21. The first-order valence-electron chi connectivity index (χ1n) is 6.39. The van der Waals surface area contributed by atoms with Crippen molar-refractivity contribution in [3.63, 3.8) is 0 Å². The highest BCUT2D eigenvalue weighted by atomic mass is 15.0. The van der Waals surface area contributed by atoms with Gasteiger partial charge in [-0.1, -0.05) is 30.3 Å². The summed E-state index contributed by atoms with van der Waals surface area (Å²) < 4.78 is 0.